The van der Waals surface area contributed by atoms with Crippen molar-refractivity contribution in [1.82, 2.24) is 5.32 Å². The average molecular weight is 255 g/mol. The summed E-state index contributed by atoms with van der Waals surface area (Å²) in [5.74, 6) is 0.814. The van der Waals surface area contributed by atoms with Crippen LogP contribution in [0.4, 0.5) is 0 Å². The summed E-state index contributed by atoms with van der Waals surface area (Å²) in [5.41, 5.74) is 0.467. The van der Waals surface area contributed by atoms with E-state index in [0.29, 0.717) is 17.6 Å². The Balaban J connectivity index is 2.18. The summed E-state index contributed by atoms with van der Waals surface area (Å²) in [6.45, 7) is 13.6. The third kappa shape index (κ3) is 6.19. The van der Waals surface area contributed by atoms with Gasteiger partial charge in [-0.05, 0) is 56.9 Å². The van der Waals surface area contributed by atoms with Crippen LogP contribution in [0.2, 0.25) is 0 Å². The summed E-state index contributed by atoms with van der Waals surface area (Å²) in [6.07, 6.45) is 6.66. The molecule has 1 aliphatic rings. The standard InChI is InChI=1S/C16H33NO/c1-6-8-17-14(3)7-9-18-15-10-13(2)11-16(4,5)12-15/h13-15,17H,6-12H2,1-5H3. The molecule has 0 aromatic heterocycles. The maximum atomic E-state index is 6.10. The van der Waals surface area contributed by atoms with Crippen molar-refractivity contribution in [2.24, 2.45) is 11.3 Å². The summed E-state index contributed by atoms with van der Waals surface area (Å²) in [5, 5.41) is 3.52. The maximum Gasteiger partial charge on any atom is 0.0582 e. The number of rotatable bonds is 7. The van der Waals surface area contributed by atoms with Gasteiger partial charge in [0, 0.05) is 12.6 Å². The summed E-state index contributed by atoms with van der Waals surface area (Å²) < 4.78 is 6.10. The van der Waals surface area contributed by atoms with Crippen LogP contribution in [-0.4, -0.2) is 25.3 Å². The molecule has 0 spiro atoms. The molecule has 1 fully saturated rings. The Morgan fingerprint density at radius 2 is 2.06 bits per heavy atom. The summed E-state index contributed by atoms with van der Waals surface area (Å²) in [7, 11) is 0. The predicted molar refractivity (Wildman–Crippen MR) is 78.9 cm³/mol. The molecule has 0 saturated heterocycles. The van der Waals surface area contributed by atoms with Crippen LogP contribution in [0.5, 0.6) is 0 Å². The average Bonchev–Trinajstić information content (AvgIpc) is 2.23. The molecule has 3 unspecified atom stereocenters. The Kier molecular flexibility index (Phi) is 6.65. The third-order valence-corrected chi connectivity index (χ3v) is 3.99. The molecule has 0 aromatic carbocycles. The van der Waals surface area contributed by atoms with Crippen LogP contribution in [-0.2, 0) is 4.74 Å². The minimum atomic E-state index is 0.467. The number of nitrogens with one attached hydrogen (secondary N) is 1. The lowest BCUT2D eigenvalue weighted by atomic mass is 9.71. The quantitative estimate of drug-likeness (QED) is 0.742. The van der Waals surface area contributed by atoms with E-state index in [-0.39, 0.29) is 0 Å². The minimum Gasteiger partial charge on any atom is -0.378 e. The first kappa shape index (κ1) is 16.0. The fraction of sp³-hybridized carbons (Fsp3) is 1.00. The lowest BCUT2D eigenvalue weighted by molar-refractivity contribution is -0.0252. The van der Waals surface area contributed by atoms with E-state index in [4.69, 9.17) is 4.74 Å². The van der Waals surface area contributed by atoms with Gasteiger partial charge in [-0.1, -0.05) is 27.7 Å². The van der Waals surface area contributed by atoms with E-state index >= 15 is 0 Å². The molecule has 18 heavy (non-hydrogen) atoms. The monoisotopic (exact) mass is 255 g/mol. The van der Waals surface area contributed by atoms with Crippen molar-refractivity contribution in [1.29, 1.82) is 0 Å². The first-order chi connectivity index (χ1) is 8.43. The highest BCUT2D eigenvalue weighted by Crippen LogP contribution is 2.39. The smallest absolute Gasteiger partial charge is 0.0582 e. The molecule has 3 atom stereocenters. The molecule has 0 aliphatic heterocycles. The van der Waals surface area contributed by atoms with E-state index < -0.39 is 0 Å². The second kappa shape index (κ2) is 7.49. The first-order valence-corrected chi connectivity index (χ1v) is 7.78. The number of hydrogen-bond acceptors (Lipinski definition) is 2. The summed E-state index contributed by atoms with van der Waals surface area (Å²) >= 11 is 0. The van der Waals surface area contributed by atoms with Crippen molar-refractivity contribution in [2.45, 2.75) is 78.9 Å². The highest BCUT2D eigenvalue weighted by atomic mass is 16.5. The molecule has 0 heterocycles. The molecule has 0 amide bonds. The van der Waals surface area contributed by atoms with Gasteiger partial charge < -0.3 is 10.1 Å². The van der Waals surface area contributed by atoms with Crippen molar-refractivity contribution in [3.8, 4) is 0 Å². The third-order valence-electron chi connectivity index (χ3n) is 3.99. The topological polar surface area (TPSA) is 21.3 Å². The van der Waals surface area contributed by atoms with Crippen LogP contribution in [0.25, 0.3) is 0 Å². The minimum absolute atomic E-state index is 0.467. The lowest BCUT2D eigenvalue weighted by Gasteiger charge is -2.38. The van der Waals surface area contributed by atoms with Crippen LogP contribution in [0.15, 0.2) is 0 Å². The van der Waals surface area contributed by atoms with Gasteiger partial charge in [0.25, 0.3) is 0 Å². The van der Waals surface area contributed by atoms with Gasteiger partial charge in [-0.3, -0.25) is 0 Å². The molecule has 0 aromatic rings. The second-order valence-corrected chi connectivity index (χ2v) is 7.05. The molecule has 1 saturated carbocycles. The molecule has 2 heteroatoms. The largest absolute Gasteiger partial charge is 0.378 e. The highest BCUT2D eigenvalue weighted by Gasteiger charge is 2.32. The summed E-state index contributed by atoms with van der Waals surface area (Å²) in [4.78, 5) is 0. The van der Waals surface area contributed by atoms with Gasteiger partial charge in [-0.15, -0.1) is 0 Å². The Bertz CT molecular complexity index is 227. The molecular weight excluding hydrogens is 222 g/mol. The van der Waals surface area contributed by atoms with Gasteiger partial charge in [0.15, 0.2) is 0 Å². The van der Waals surface area contributed by atoms with Crippen molar-refractivity contribution in [2.75, 3.05) is 13.2 Å². The van der Waals surface area contributed by atoms with Gasteiger partial charge in [-0.2, -0.15) is 0 Å². The van der Waals surface area contributed by atoms with Crippen LogP contribution in [0, 0.1) is 11.3 Å². The molecule has 1 N–H and O–H groups in total. The van der Waals surface area contributed by atoms with Gasteiger partial charge in [-0.25, -0.2) is 0 Å². The van der Waals surface area contributed by atoms with Crippen LogP contribution < -0.4 is 5.32 Å². The van der Waals surface area contributed by atoms with Crippen LogP contribution in [0.1, 0.15) is 66.7 Å². The molecule has 2 nitrogen and oxygen atoms in total. The Morgan fingerprint density at radius 3 is 2.67 bits per heavy atom. The lowest BCUT2D eigenvalue weighted by Crippen LogP contribution is -2.34. The second-order valence-electron chi connectivity index (χ2n) is 7.05. The molecular formula is C16H33NO. The molecule has 0 bridgehead atoms. The molecule has 0 radical (unpaired) electrons. The summed E-state index contributed by atoms with van der Waals surface area (Å²) in [6, 6.07) is 0.582. The van der Waals surface area contributed by atoms with E-state index in [1.807, 2.05) is 0 Å². The predicted octanol–water partition coefficient (Wildman–Crippen LogP) is 4.00. The molecule has 108 valence electrons. The van der Waals surface area contributed by atoms with Gasteiger partial charge in [0.05, 0.1) is 6.10 Å². The normalized spacial score (nSPS) is 29.2. The first-order valence-electron chi connectivity index (χ1n) is 7.78. The van der Waals surface area contributed by atoms with Crippen LogP contribution in [0.3, 0.4) is 0 Å². The highest BCUT2D eigenvalue weighted by molar-refractivity contribution is 4.83. The van der Waals surface area contributed by atoms with E-state index in [2.05, 4.69) is 39.9 Å². The molecule has 1 rings (SSSR count). The zero-order valence-electron chi connectivity index (χ0n) is 13.1. The fourth-order valence-electron chi connectivity index (χ4n) is 3.29. The van der Waals surface area contributed by atoms with Crippen molar-refractivity contribution < 1.29 is 4.74 Å². The Morgan fingerprint density at radius 1 is 1.33 bits per heavy atom. The fourth-order valence-corrected chi connectivity index (χ4v) is 3.29. The zero-order chi connectivity index (χ0) is 13.6. The van der Waals surface area contributed by atoms with Gasteiger partial charge in [0.1, 0.15) is 0 Å². The van der Waals surface area contributed by atoms with Crippen LogP contribution >= 0.6 is 0 Å². The SMILES string of the molecule is CCCNC(C)CCOC1CC(C)CC(C)(C)C1. The zero-order valence-corrected chi connectivity index (χ0v) is 13.1. The Labute approximate surface area is 114 Å². The van der Waals surface area contributed by atoms with Gasteiger partial charge in [0.2, 0.25) is 0 Å². The van der Waals surface area contributed by atoms with Gasteiger partial charge >= 0.3 is 0 Å². The van der Waals surface area contributed by atoms with E-state index in [9.17, 15) is 0 Å². The Hall–Kier alpha value is -0.0800. The number of ether oxygens (including phenoxy) is 1. The van der Waals surface area contributed by atoms with E-state index in [1.54, 1.807) is 0 Å². The van der Waals surface area contributed by atoms with Crippen molar-refractivity contribution in [3.63, 3.8) is 0 Å². The number of hydrogen-bond donors (Lipinski definition) is 1. The molecule has 1 aliphatic carbocycles. The van der Waals surface area contributed by atoms with Crippen molar-refractivity contribution >= 4 is 0 Å². The van der Waals surface area contributed by atoms with E-state index in [0.717, 1.165) is 25.5 Å². The van der Waals surface area contributed by atoms with E-state index in [1.165, 1.54) is 25.7 Å². The maximum absolute atomic E-state index is 6.10. The van der Waals surface area contributed by atoms with Crippen molar-refractivity contribution in [3.05, 3.63) is 0 Å².